The van der Waals surface area contributed by atoms with E-state index in [2.05, 4.69) is 20.7 Å². The zero-order chi connectivity index (χ0) is 22.2. The molecule has 0 saturated carbocycles. The van der Waals surface area contributed by atoms with Crippen LogP contribution < -0.4 is 14.5 Å². The van der Waals surface area contributed by atoms with Crippen LogP contribution in [-0.2, 0) is 0 Å². The highest BCUT2D eigenvalue weighted by molar-refractivity contribution is 5.94. The maximum absolute atomic E-state index is 12.8. The lowest BCUT2D eigenvalue weighted by Crippen LogP contribution is -2.46. The van der Waals surface area contributed by atoms with Gasteiger partial charge in [0.05, 0.1) is 5.69 Å². The first-order valence-electron chi connectivity index (χ1n) is 10.0. The van der Waals surface area contributed by atoms with E-state index < -0.39 is 6.36 Å². The summed E-state index contributed by atoms with van der Waals surface area (Å²) < 4.78 is 40.8. The average Bonchev–Trinajstić information content (AvgIpc) is 2.73. The van der Waals surface area contributed by atoms with Crippen molar-refractivity contribution in [1.29, 1.82) is 0 Å². The summed E-state index contributed by atoms with van der Waals surface area (Å²) in [4.78, 5) is 23.3. The number of rotatable bonds is 3. The number of hydrogen-bond donors (Lipinski definition) is 0. The number of anilines is 2. The number of benzene rings is 1. The van der Waals surface area contributed by atoms with Crippen LogP contribution >= 0.6 is 0 Å². The van der Waals surface area contributed by atoms with Crippen LogP contribution in [0.5, 0.6) is 5.75 Å². The third-order valence-corrected chi connectivity index (χ3v) is 5.54. The standard InChI is InChI=1S/C22H23F3N4O2/c1-15-13-19-20(26-14-15)29(12-11-27(19)2)17-7-9-28(10-8-17)21(30)16-3-5-18(6-4-16)31-22(23,24)25/h3-6,11-14,17H,7-10H2,1-2H3. The maximum Gasteiger partial charge on any atom is 0.573 e. The van der Waals surface area contributed by atoms with Crippen LogP contribution in [0.4, 0.5) is 24.7 Å². The van der Waals surface area contributed by atoms with E-state index >= 15 is 0 Å². The predicted octanol–water partition coefficient (Wildman–Crippen LogP) is 4.32. The normalized spacial score (nSPS) is 17.0. The van der Waals surface area contributed by atoms with E-state index in [1.165, 1.54) is 12.1 Å². The molecule has 1 fully saturated rings. The summed E-state index contributed by atoms with van der Waals surface area (Å²) in [6, 6.07) is 7.36. The fourth-order valence-electron chi connectivity index (χ4n) is 3.95. The number of alkyl halides is 3. The quantitative estimate of drug-likeness (QED) is 0.723. The van der Waals surface area contributed by atoms with Gasteiger partial charge in [-0.05, 0) is 55.7 Å². The van der Waals surface area contributed by atoms with E-state index in [9.17, 15) is 18.0 Å². The zero-order valence-electron chi connectivity index (χ0n) is 17.3. The number of aromatic nitrogens is 1. The van der Waals surface area contributed by atoms with Crippen molar-refractivity contribution >= 4 is 17.4 Å². The van der Waals surface area contributed by atoms with Gasteiger partial charge in [-0.25, -0.2) is 4.98 Å². The molecule has 31 heavy (non-hydrogen) atoms. The molecule has 1 aromatic heterocycles. The van der Waals surface area contributed by atoms with Crippen molar-refractivity contribution in [1.82, 2.24) is 9.88 Å². The molecule has 0 N–H and O–H groups in total. The number of piperidine rings is 1. The van der Waals surface area contributed by atoms with Crippen molar-refractivity contribution in [3.8, 4) is 5.75 Å². The van der Waals surface area contributed by atoms with Crippen molar-refractivity contribution in [3.63, 3.8) is 0 Å². The molecule has 164 valence electrons. The molecule has 6 nitrogen and oxygen atoms in total. The Labute approximate surface area is 178 Å². The fourth-order valence-corrected chi connectivity index (χ4v) is 3.95. The number of fused-ring (bicyclic) bond motifs is 1. The van der Waals surface area contributed by atoms with Crippen LogP contribution in [0.1, 0.15) is 28.8 Å². The second-order valence-corrected chi connectivity index (χ2v) is 7.77. The van der Waals surface area contributed by atoms with Crippen LogP contribution in [0, 0.1) is 6.92 Å². The van der Waals surface area contributed by atoms with Gasteiger partial charge in [0.15, 0.2) is 5.82 Å². The molecule has 4 rings (SSSR count). The van der Waals surface area contributed by atoms with Gasteiger partial charge < -0.3 is 19.4 Å². The fraction of sp³-hybridized carbons (Fsp3) is 0.364. The van der Waals surface area contributed by atoms with Crippen molar-refractivity contribution in [3.05, 3.63) is 60.1 Å². The smallest absolute Gasteiger partial charge is 0.406 e. The molecule has 1 amide bonds. The van der Waals surface area contributed by atoms with Crippen molar-refractivity contribution in [2.24, 2.45) is 0 Å². The Balaban J connectivity index is 1.40. The second-order valence-electron chi connectivity index (χ2n) is 7.77. The summed E-state index contributed by atoms with van der Waals surface area (Å²) in [6.07, 6.45) is 2.66. The third-order valence-electron chi connectivity index (χ3n) is 5.54. The number of likely N-dealkylation sites (tertiary alicyclic amines) is 1. The molecule has 0 aliphatic carbocycles. The first-order valence-corrected chi connectivity index (χ1v) is 10.0. The van der Waals surface area contributed by atoms with E-state index in [1.807, 2.05) is 37.5 Å². The first-order chi connectivity index (χ1) is 14.7. The molecule has 1 saturated heterocycles. The molecular formula is C22H23F3N4O2. The molecule has 9 heteroatoms. The van der Waals surface area contributed by atoms with E-state index in [-0.39, 0.29) is 17.7 Å². The largest absolute Gasteiger partial charge is 0.573 e. The number of nitrogens with zero attached hydrogens (tertiary/aromatic N) is 4. The SMILES string of the molecule is Cc1cnc2c(c1)N(C)C=CN2C1CCN(C(=O)c2ccc(OC(F)(F)F)cc2)CC1. The molecule has 1 aromatic carbocycles. The lowest BCUT2D eigenvalue weighted by atomic mass is 10.0. The Hall–Kier alpha value is -3.23. The zero-order valence-corrected chi connectivity index (χ0v) is 17.3. The summed E-state index contributed by atoms with van der Waals surface area (Å²) in [5, 5.41) is 0. The summed E-state index contributed by atoms with van der Waals surface area (Å²) in [5.74, 6) is 0.367. The van der Waals surface area contributed by atoms with Gasteiger partial charge in [-0.1, -0.05) is 0 Å². The second kappa shape index (κ2) is 8.13. The van der Waals surface area contributed by atoms with Gasteiger partial charge in [0.25, 0.3) is 5.91 Å². The number of pyridine rings is 1. The van der Waals surface area contributed by atoms with E-state index in [4.69, 9.17) is 0 Å². The minimum absolute atomic E-state index is 0.194. The van der Waals surface area contributed by atoms with Crippen molar-refractivity contribution in [2.75, 3.05) is 29.9 Å². The van der Waals surface area contributed by atoms with Crippen LogP contribution in [0.15, 0.2) is 48.9 Å². The molecule has 2 aliphatic rings. The molecule has 0 atom stereocenters. The van der Waals surface area contributed by atoms with Crippen LogP contribution in [0.2, 0.25) is 0 Å². The lowest BCUT2D eigenvalue weighted by molar-refractivity contribution is -0.274. The molecule has 0 spiro atoms. The highest BCUT2D eigenvalue weighted by Gasteiger charge is 2.32. The Kier molecular flexibility index (Phi) is 5.51. The Morgan fingerprint density at radius 3 is 2.45 bits per heavy atom. The van der Waals surface area contributed by atoms with Crippen molar-refractivity contribution < 1.29 is 22.7 Å². The van der Waals surface area contributed by atoms with Crippen molar-refractivity contribution in [2.45, 2.75) is 32.2 Å². The summed E-state index contributed by atoms with van der Waals surface area (Å²) in [5.41, 5.74) is 2.48. The van der Waals surface area contributed by atoms with E-state index in [0.29, 0.717) is 18.7 Å². The highest BCUT2D eigenvalue weighted by Crippen LogP contribution is 2.35. The highest BCUT2D eigenvalue weighted by atomic mass is 19.4. The summed E-state index contributed by atoms with van der Waals surface area (Å²) >= 11 is 0. The topological polar surface area (TPSA) is 48.9 Å². The molecule has 3 heterocycles. The van der Waals surface area contributed by atoms with Gasteiger partial charge in [-0.15, -0.1) is 13.2 Å². The first kappa shape index (κ1) is 21.0. The van der Waals surface area contributed by atoms with Gasteiger partial charge in [-0.2, -0.15) is 0 Å². The number of aryl methyl sites for hydroxylation is 1. The summed E-state index contributed by atoms with van der Waals surface area (Å²) in [7, 11) is 1.99. The third kappa shape index (κ3) is 4.60. The number of halogens is 3. The monoisotopic (exact) mass is 432 g/mol. The van der Waals surface area contributed by atoms with E-state index in [0.717, 1.165) is 42.0 Å². The molecule has 0 bridgehead atoms. The molecular weight excluding hydrogens is 409 g/mol. The Morgan fingerprint density at radius 1 is 1.13 bits per heavy atom. The lowest BCUT2D eigenvalue weighted by Gasteiger charge is -2.40. The minimum atomic E-state index is -4.75. The predicted molar refractivity (Wildman–Crippen MR) is 111 cm³/mol. The number of hydrogen-bond acceptors (Lipinski definition) is 5. The van der Waals surface area contributed by atoms with Crippen LogP contribution in [-0.4, -0.2) is 48.3 Å². The minimum Gasteiger partial charge on any atom is -0.406 e. The van der Waals surface area contributed by atoms with Gasteiger partial charge >= 0.3 is 6.36 Å². The van der Waals surface area contributed by atoms with Crippen LogP contribution in [0.3, 0.4) is 0 Å². The number of ether oxygens (including phenoxy) is 1. The molecule has 2 aromatic rings. The average molecular weight is 432 g/mol. The molecule has 0 radical (unpaired) electrons. The number of amides is 1. The van der Waals surface area contributed by atoms with Gasteiger partial charge in [0.2, 0.25) is 0 Å². The Bertz CT molecular complexity index is 983. The van der Waals surface area contributed by atoms with Gasteiger partial charge in [-0.3, -0.25) is 4.79 Å². The van der Waals surface area contributed by atoms with Gasteiger partial charge in [0.1, 0.15) is 5.75 Å². The summed E-state index contributed by atoms with van der Waals surface area (Å²) in [6.45, 7) is 3.13. The molecule has 2 aliphatic heterocycles. The van der Waals surface area contributed by atoms with E-state index in [1.54, 1.807) is 4.90 Å². The Morgan fingerprint density at radius 2 is 1.81 bits per heavy atom. The van der Waals surface area contributed by atoms with Gasteiger partial charge in [0, 0.05) is 50.3 Å². The number of carbonyl (C=O) groups excluding carboxylic acids is 1. The molecule has 0 unspecified atom stereocenters. The maximum atomic E-state index is 12.8. The number of carbonyl (C=O) groups is 1. The van der Waals surface area contributed by atoms with Crippen LogP contribution in [0.25, 0.3) is 0 Å².